The summed E-state index contributed by atoms with van der Waals surface area (Å²) in [6.07, 6.45) is 4.14. The van der Waals surface area contributed by atoms with Crippen LogP contribution in [0.4, 0.5) is 0 Å². The Hall–Kier alpha value is -1.04. The fourth-order valence-electron chi connectivity index (χ4n) is 2.60. The molecule has 4 nitrogen and oxygen atoms in total. The predicted octanol–water partition coefficient (Wildman–Crippen LogP) is 4.30. The summed E-state index contributed by atoms with van der Waals surface area (Å²) in [6.45, 7) is 2.05. The summed E-state index contributed by atoms with van der Waals surface area (Å²) in [5.41, 5.74) is 5.96. The molecule has 3 rings (SSSR count). The minimum atomic E-state index is -0.396. The summed E-state index contributed by atoms with van der Waals surface area (Å²) < 4.78 is 5.41. The third-order valence-corrected chi connectivity index (χ3v) is 5.21. The van der Waals surface area contributed by atoms with E-state index in [4.69, 9.17) is 21.9 Å². The van der Waals surface area contributed by atoms with Crippen molar-refractivity contribution in [1.82, 2.24) is 10.1 Å². The molecule has 1 fully saturated rings. The van der Waals surface area contributed by atoms with Gasteiger partial charge in [-0.15, -0.1) is 11.8 Å². The summed E-state index contributed by atoms with van der Waals surface area (Å²) in [6, 6.07) is 7.73. The molecular weight excluding hydrogens is 306 g/mol. The molecule has 1 heterocycles. The number of hydrogen-bond acceptors (Lipinski definition) is 5. The van der Waals surface area contributed by atoms with E-state index in [-0.39, 0.29) is 5.25 Å². The van der Waals surface area contributed by atoms with Gasteiger partial charge in [0.1, 0.15) is 0 Å². The number of halogens is 1. The van der Waals surface area contributed by atoms with Crippen LogP contribution in [0.25, 0.3) is 0 Å². The van der Waals surface area contributed by atoms with Crippen LogP contribution in [0.2, 0.25) is 5.02 Å². The SMILES string of the molecule is CC(Sc1ccc(Cl)cc1)c1nc(C2(N)CCCC2)no1. The predicted molar refractivity (Wildman–Crippen MR) is 84.4 cm³/mol. The molecule has 1 aromatic carbocycles. The first-order valence-electron chi connectivity index (χ1n) is 7.12. The number of rotatable bonds is 4. The summed E-state index contributed by atoms with van der Waals surface area (Å²) in [7, 11) is 0. The van der Waals surface area contributed by atoms with E-state index in [9.17, 15) is 0 Å². The molecule has 1 aliphatic rings. The van der Waals surface area contributed by atoms with Gasteiger partial charge in [0, 0.05) is 9.92 Å². The molecule has 1 atom stereocenters. The number of aromatic nitrogens is 2. The molecule has 0 aliphatic heterocycles. The Morgan fingerprint density at radius 1 is 1.29 bits per heavy atom. The molecule has 1 aliphatic carbocycles. The highest BCUT2D eigenvalue weighted by molar-refractivity contribution is 7.99. The summed E-state index contributed by atoms with van der Waals surface area (Å²) >= 11 is 7.56. The molecule has 1 aromatic heterocycles. The van der Waals surface area contributed by atoms with E-state index in [1.54, 1.807) is 11.8 Å². The monoisotopic (exact) mass is 323 g/mol. The van der Waals surface area contributed by atoms with Crippen molar-refractivity contribution < 1.29 is 4.52 Å². The zero-order chi connectivity index (χ0) is 14.9. The molecule has 6 heteroatoms. The normalized spacial score (nSPS) is 18.8. The molecule has 0 spiro atoms. The van der Waals surface area contributed by atoms with E-state index >= 15 is 0 Å². The van der Waals surface area contributed by atoms with Crippen molar-refractivity contribution in [3.63, 3.8) is 0 Å². The van der Waals surface area contributed by atoms with Crippen LogP contribution in [0.5, 0.6) is 0 Å². The van der Waals surface area contributed by atoms with Gasteiger partial charge in [0.25, 0.3) is 0 Å². The maximum Gasteiger partial charge on any atom is 0.239 e. The van der Waals surface area contributed by atoms with Crippen LogP contribution in [-0.4, -0.2) is 10.1 Å². The van der Waals surface area contributed by atoms with Gasteiger partial charge in [-0.3, -0.25) is 0 Å². The van der Waals surface area contributed by atoms with Crippen LogP contribution < -0.4 is 5.73 Å². The van der Waals surface area contributed by atoms with Crippen LogP contribution in [0.15, 0.2) is 33.7 Å². The average molecular weight is 324 g/mol. The lowest BCUT2D eigenvalue weighted by Gasteiger charge is -2.17. The zero-order valence-corrected chi connectivity index (χ0v) is 13.5. The molecule has 1 unspecified atom stereocenters. The second kappa shape index (κ2) is 5.99. The molecule has 0 amide bonds. The third-order valence-electron chi connectivity index (χ3n) is 3.86. The smallest absolute Gasteiger partial charge is 0.239 e. The summed E-state index contributed by atoms with van der Waals surface area (Å²) in [4.78, 5) is 5.65. The minimum Gasteiger partial charge on any atom is -0.338 e. The Morgan fingerprint density at radius 3 is 2.62 bits per heavy atom. The third kappa shape index (κ3) is 3.25. The maximum absolute atomic E-state index is 6.36. The average Bonchev–Trinajstić information content (AvgIpc) is 3.11. The number of nitrogens with two attached hydrogens (primary N) is 1. The summed E-state index contributed by atoms with van der Waals surface area (Å²) in [5, 5.41) is 4.92. The summed E-state index contributed by atoms with van der Waals surface area (Å²) in [5.74, 6) is 1.28. The lowest BCUT2D eigenvalue weighted by atomic mass is 9.99. The topological polar surface area (TPSA) is 64.9 Å². The van der Waals surface area contributed by atoms with Gasteiger partial charge in [0.2, 0.25) is 5.89 Å². The molecule has 0 radical (unpaired) electrons. The Bertz CT molecular complexity index is 608. The van der Waals surface area contributed by atoms with Gasteiger partial charge >= 0.3 is 0 Å². The fourth-order valence-corrected chi connectivity index (χ4v) is 3.62. The van der Waals surface area contributed by atoms with Crippen molar-refractivity contribution >= 4 is 23.4 Å². The van der Waals surface area contributed by atoms with Crippen LogP contribution in [0.3, 0.4) is 0 Å². The highest BCUT2D eigenvalue weighted by Gasteiger charge is 2.36. The van der Waals surface area contributed by atoms with Crippen LogP contribution in [0.1, 0.15) is 49.6 Å². The van der Waals surface area contributed by atoms with Crippen molar-refractivity contribution in [2.24, 2.45) is 5.73 Å². The fraction of sp³-hybridized carbons (Fsp3) is 0.467. The van der Waals surface area contributed by atoms with Crippen molar-refractivity contribution in [3.05, 3.63) is 41.0 Å². The van der Waals surface area contributed by atoms with Gasteiger partial charge in [-0.2, -0.15) is 4.98 Å². The molecule has 0 bridgehead atoms. The zero-order valence-electron chi connectivity index (χ0n) is 11.9. The molecular formula is C15H18ClN3OS. The number of thioether (sulfide) groups is 1. The lowest BCUT2D eigenvalue weighted by molar-refractivity contribution is 0.349. The molecule has 2 aromatic rings. The highest BCUT2D eigenvalue weighted by atomic mass is 35.5. The maximum atomic E-state index is 6.36. The highest BCUT2D eigenvalue weighted by Crippen LogP contribution is 2.38. The van der Waals surface area contributed by atoms with E-state index in [1.165, 1.54) is 0 Å². The number of nitrogens with zero attached hydrogens (tertiary/aromatic N) is 2. The Morgan fingerprint density at radius 2 is 1.95 bits per heavy atom. The van der Waals surface area contributed by atoms with Gasteiger partial charge in [0.15, 0.2) is 5.82 Å². The Kier molecular flexibility index (Phi) is 4.24. The standard InChI is InChI=1S/C15H18ClN3OS/c1-10(21-12-6-4-11(16)5-7-12)13-18-14(19-20-13)15(17)8-2-3-9-15/h4-7,10H,2-3,8-9,17H2,1H3. The van der Waals surface area contributed by atoms with E-state index in [1.807, 2.05) is 24.3 Å². The second-order valence-electron chi connectivity index (χ2n) is 5.53. The molecule has 2 N–H and O–H groups in total. The van der Waals surface area contributed by atoms with E-state index in [2.05, 4.69) is 17.1 Å². The molecule has 0 saturated heterocycles. The van der Waals surface area contributed by atoms with Crippen molar-refractivity contribution in [2.75, 3.05) is 0 Å². The Balaban J connectivity index is 1.72. The van der Waals surface area contributed by atoms with Gasteiger partial charge < -0.3 is 10.3 Å². The van der Waals surface area contributed by atoms with Crippen molar-refractivity contribution in [3.8, 4) is 0 Å². The lowest BCUT2D eigenvalue weighted by Crippen LogP contribution is -2.34. The van der Waals surface area contributed by atoms with Crippen molar-refractivity contribution in [1.29, 1.82) is 0 Å². The molecule has 112 valence electrons. The van der Waals surface area contributed by atoms with Gasteiger partial charge in [-0.25, -0.2) is 0 Å². The van der Waals surface area contributed by atoms with Crippen LogP contribution in [0, 0.1) is 0 Å². The van der Waals surface area contributed by atoms with Gasteiger partial charge in [0.05, 0.1) is 10.8 Å². The minimum absolute atomic E-state index is 0.0810. The van der Waals surface area contributed by atoms with E-state index in [0.717, 1.165) is 35.6 Å². The molecule has 21 heavy (non-hydrogen) atoms. The first-order valence-corrected chi connectivity index (χ1v) is 8.38. The number of hydrogen-bond donors (Lipinski definition) is 1. The Labute approximate surface area is 133 Å². The molecule has 1 saturated carbocycles. The van der Waals surface area contributed by atoms with Crippen LogP contribution >= 0.6 is 23.4 Å². The van der Waals surface area contributed by atoms with Gasteiger partial charge in [-0.1, -0.05) is 29.6 Å². The largest absolute Gasteiger partial charge is 0.338 e. The second-order valence-corrected chi connectivity index (χ2v) is 7.38. The van der Waals surface area contributed by atoms with Crippen LogP contribution in [-0.2, 0) is 5.54 Å². The first kappa shape index (κ1) is 14.9. The number of benzene rings is 1. The van der Waals surface area contributed by atoms with Crippen molar-refractivity contribution in [2.45, 2.75) is 48.3 Å². The van der Waals surface area contributed by atoms with E-state index in [0.29, 0.717) is 11.7 Å². The van der Waals surface area contributed by atoms with E-state index < -0.39 is 5.54 Å². The van der Waals surface area contributed by atoms with Gasteiger partial charge in [-0.05, 0) is 44.0 Å². The quantitative estimate of drug-likeness (QED) is 0.849. The first-order chi connectivity index (χ1) is 10.1.